The van der Waals surface area contributed by atoms with Gasteiger partial charge in [-0.15, -0.1) is 0 Å². The number of nitrogens with zero attached hydrogens (tertiary/aromatic N) is 2. The normalized spacial score (nSPS) is 20.5. The first kappa shape index (κ1) is 20.4. The maximum absolute atomic E-state index is 13.6. The van der Waals surface area contributed by atoms with Crippen molar-refractivity contribution in [2.45, 2.75) is 50.7 Å². The van der Waals surface area contributed by atoms with Gasteiger partial charge < -0.3 is 14.5 Å². The van der Waals surface area contributed by atoms with E-state index in [1.54, 1.807) is 29.0 Å². The topological polar surface area (TPSA) is 49.9 Å². The molecule has 30 heavy (non-hydrogen) atoms. The smallest absolute Gasteiger partial charge is 0.250 e. The number of hydrogen-bond acceptors (Lipinski definition) is 3. The highest BCUT2D eigenvalue weighted by molar-refractivity contribution is 5.95. The summed E-state index contributed by atoms with van der Waals surface area (Å²) in [7, 11) is 1.60. The van der Waals surface area contributed by atoms with E-state index in [1.165, 1.54) is 18.6 Å². The fourth-order valence-electron chi connectivity index (χ4n) is 4.57. The number of halogens is 1. The largest absolute Gasteiger partial charge is 0.497 e. The van der Waals surface area contributed by atoms with Crippen molar-refractivity contribution >= 4 is 11.8 Å². The molecule has 2 aromatic rings. The Labute approximate surface area is 176 Å². The molecule has 158 valence electrons. The van der Waals surface area contributed by atoms with Gasteiger partial charge in [-0.25, -0.2) is 4.39 Å². The number of methoxy groups -OCH3 is 1. The van der Waals surface area contributed by atoms with Crippen LogP contribution in [0.2, 0.25) is 0 Å². The van der Waals surface area contributed by atoms with E-state index in [1.807, 2.05) is 24.3 Å². The molecule has 1 atom stereocenters. The van der Waals surface area contributed by atoms with E-state index in [2.05, 4.69) is 0 Å². The quantitative estimate of drug-likeness (QED) is 0.746. The second-order valence-corrected chi connectivity index (χ2v) is 8.09. The molecule has 2 amide bonds. The van der Waals surface area contributed by atoms with E-state index < -0.39 is 6.04 Å². The SMILES string of the molecule is COc1cccc(CN2C(=O)CN(C3CCCCC3)C(=O)[C@@H]2c2ccc(F)cc2)c1. The average molecular weight is 410 g/mol. The third-order valence-corrected chi connectivity index (χ3v) is 6.14. The fraction of sp³-hybridized carbons (Fsp3) is 0.417. The average Bonchev–Trinajstić information content (AvgIpc) is 2.78. The molecule has 4 rings (SSSR count). The minimum atomic E-state index is -0.750. The zero-order chi connectivity index (χ0) is 21.1. The van der Waals surface area contributed by atoms with Gasteiger partial charge in [0.1, 0.15) is 24.2 Å². The summed E-state index contributed by atoms with van der Waals surface area (Å²) in [4.78, 5) is 30.2. The Kier molecular flexibility index (Phi) is 6.02. The summed E-state index contributed by atoms with van der Waals surface area (Å²) in [6, 6.07) is 12.7. The van der Waals surface area contributed by atoms with Crippen molar-refractivity contribution in [3.05, 3.63) is 65.5 Å². The van der Waals surface area contributed by atoms with Gasteiger partial charge >= 0.3 is 0 Å². The van der Waals surface area contributed by atoms with Crippen LogP contribution >= 0.6 is 0 Å². The zero-order valence-corrected chi connectivity index (χ0v) is 17.2. The van der Waals surface area contributed by atoms with Crippen LogP contribution in [0, 0.1) is 5.82 Å². The van der Waals surface area contributed by atoms with Crippen LogP contribution in [0.3, 0.4) is 0 Å². The van der Waals surface area contributed by atoms with Crippen molar-refractivity contribution in [1.82, 2.24) is 9.80 Å². The first-order chi connectivity index (χ1) is 14.6. The molecule has 1 saturated carbocycles. The highest BCUT2D eigenvalue weighted by Gasteiger charge is 2.42. The lowest BCUT2D eigenvalue weighted by molar-refractivity contribution is -0.160. The van der Waals surface area contributed by atoms with Crippen LogP contribution in [0.5, 0.6) is 5.75 Å². The number of hydrogen-bond donors (Lipinski definition) is 0. The molecule has 0 spiro atoms. The molecule has 1 heterocycles. The van der Waals surface area contributed by atoms with Gasteiger partial charge in [0.25, 0.3) is 5.91 Å². The number of carbonyl (C=O) groups is 2. The number of ether oxygens (including phenoxy) is 1. The van der Waals surface area contributed by atoms with Crippen LogP contribution in [-0.4, -0.2) is 41.3 Å². The van der Waals surface area contributed by atoms with E-state index in [-0.39, 0.29) is 30.2 Å². The van der Waals surface area contributed by atoms with Crippen LogP contribution < -0.4 is 4.74 Å². The zero-order valence-electron chi connectivity index (χ0n) is 17.2. The fourth-order valence-corrected chi connectivity index (χ4v) is 4.57. The number of piperazine rings is 1. The summed E-state index contributed by atoms with van der Waals surface area (Å²) in [5, 5.41) is 0. The molecule has 1 aliphatic heterocycles. The summed E-state index contributed by atoms with van der Waals surface area (Å²) < 4.78 is 18.8. The van der Waals surface area contributed by atoms with E-state index in [4.69, 9.17) is 4.74 Å². The number of carbonyl (C=O) groups excluding carboxylic acids is 2. The molecular weight excluding hydrogens is 383 g/mol. The van der Waals surface area contributed by atoms with Crippen LogP contribution in [0.15, 0.2) is 48.5 Å². The summed E-state index contributed by atoms with van der Waals surface area (Å²) >= 11 is 0. The van der Waals surface area contributed by atoms with Gasteiger partial charge in [-0.1, -0.05) is 43.5 Å². The number of amides is 2. The Balaban J connectivity index is 1.67. The number of rotatable bonds is 5. The third-order valence-electron chi connectivity index (χ3n) is 6.14. The minimum Gasteiger partial charge on any atom is -0.497 e. The van der Waals surface area contributed by atoms with Gasteiger partial charge in [0.05, 0.1) is 7.11 Å². The van der Waals surface area contributed by atoms with Crippen molar-refractivity contribution in [3.8, 4) is 5.75 Å². The maximum Gasteiger partial charge on any atom is 0.250 e. The Hall–Kier alpha value is -2.89. The van der Waals surface area contributed by atoms with Crippen LogP contribution in [0.1, 0.15) is 49.3 Å². The molecule has 0 N–H and O–H groups in total. The van der Waals surface area contributed by atoms with Gasteiger partial charge in [-0.3, -0.25) is 9.59 Å². The second kappa shape index (κ2) is 8.86. The van der Waals surface area contributed by atoms with Crippen molar-refractivity contribution in [2.75, 3.05) is 13.7 Å². The molecule has 5 nitrogen and oxygen atoms in total. The summed E-state index contributed by atoms with van der Waals surface area (Å²) in [6.07, 6.45) is 5.21. The minimum absolute atomic E-state index is 0.0731. The lowest BCUT2D eigenvalue weighted by Gasteiger charge is -2.44. The van der Waals surface area contributed by atoms with Crippen LogP contribution in [0.4, 0.5) is 4.39 Å². The van der Waals surface area contributed by atoms with Gasteiger partial charge in [0.15, 0.2) is 0 Å². The molecule has 2 aliphatic rings. The molecule has 0 aromatic heterocycles. The van der Waals surface area contributed by atoms with E-state index in [9.17, 15) is 14.0 Å². The van der Waals surface area contributed by atoms with Crippen molar-refractivity contribution < 1.29 is 18.7 Å². The standard InChI is InChI=1S/C24H27FN2O3/c1-30-21-9-5-6-17(14-21)15-27-22(28)16-26(20-7-3-2-4-8-20)24(29)23(27)18-10-12-19(25)13-11-18/h5-6,9-14,20,23H,2-4,7-8,15-16H2,1H3/t23-/m0/s1. The van der Waals surface area contributed by atoms with Gasteiger partial charge in [-0.05, 0) is 48.2 Å². The molecule has 1 saturated heterocycles. The van der Waals surface area contributed by atoms with Gasteiger partial charge in [0, 0.05) is 12.6 Å². The lowest BCUT2D eigenvalue weighted by atomic mass is 9.91. The monoisotopic (exact) mass is 410 g/mol. The Bertz CT molecular complexity index is 909. The summed E-state index contributed by atoms with van der Waals surface area (Å²) in [5.41, 5.74) is 1.52. The Morgan fingerprint density at radius 1 is 1.03 bits per heavy atom. The van der Waals surface area contributed by atoms with Crippen molar-refractivity contribution in [2.24, 2.45) is 0 Å². The molecule has 2 aromatic carbocycles. The Morgan fingerprint density at radius 2 is 1.77 bits per heavy atom. The first-order valence-electron chi connectivity index (χ1n) is 10.5. The van der Waals surface area contributed by atoms with E-state index in [0.29, 0.717) is 17.9 Å². The van der Waals surface area contributed by atoms with Crippen molar-refractivity contribution in [3.63, 3.8) is 0 Å². The first-order valence-corrected chi connectivity index (χ1v) is 10.5. The molecule has 1 aliphatic carbocycles. The highest BCUT2D eigenvalue weighted by atomic mass is 19.1. The Morgan fingerprint density at radius 3 is 2.47 bits per heavy atom. The molecular formula is C24H27FN2O3. The van der Waals surface area contributed by atoms with E-state index in [0.717, 1.165) is 31.2 Å². The molecule has 6 heteroatoms. The van der Waals surface area contributed by atoms with Crippen LogP contribution in [-0.2, 0) is 16.1 Å². The molecule has 0 bridgehead atoms. The number of benzene rings is 2. The summed E-state index contributed by atoms with van der Waals surface area (Å²) in [6.45, 7) is 0.396. The van der Waals surface area contributed by atoms with E-state index >= 15 is 0 Å². The lowest BCUT2D eigenvalue weighted by Crippen LogP contribution is -2.58. The maximum atomic E-state index is 13.6. The highest BCUT2D eigenvalue weighted by Crippen LogP contribution is 2.33. The predicted octanol–water partition coefficient (Wildman–Crippen LogP) is 4.08. The predicted molar refractivity (Wildman–Crippen MR) is 111 cm³/mol. The molecule has 2 fully saturated rings. The van der Waals surface area contributed by atoms with Crippen LogP contribution in [0.25, 0.3) is 0 Å². The van der Waals surface area contributed by atoms with Crippen molar-refractivity contribution in [1.29, 1.82) is 0 Å². The third kappa shape index (κ3) is 4.18. The van der Waals surface area contributed by atoms with Gasteiger partial charge in [0.2, 0.25) is 5.91 Å². The second-order valence-electron chi connectivity index (χ2n) is 8.09. The summed E-state index contributed by atoms with van der Waals surface area (Å²) in [5.74, 6) is 0.176. The van der Waals surface area contributed by atoms with Gasteiger partial charge in [-0.2, -0.15) is 0 Å². The molecule has 0 unspecified atom stereocenters. The molecule has 0 radical (unpaired) electrons.